The molecule has 3 aromatic rings. The minimum Gasteiger partial charge on any atom is -0.383 e. The van der Waals surface area contributed by atoms with Crippen LogP contribution in [0, 0.1) is 0 Å². The average Bonchev–Trinajstić information content (AvgIpc) is 3.50. The zero-order chi connectivity index (χ0) is 20.9. The summed E-state index contributed by atoms with van der Waals surface area (Å²) in [6.45, 7) is 1.22. The number of nitrogens with one attached hydrogen (secondary N) is 2. The van der Waals surface area contributed by atoms with Crippen molar-refractivity contribution < 1.29 is 14.3 Å². The van der Waals surface area contributed by atoms with Gasteiger partial charge < -0.3 is 19.9 Å². The first-order chi connectivity index (χ1) is 14.7. The average molecular weight is 425 g/mol. The van der Waals surface area contributed by atoms with Crippen LogP contribution in [0.1, 0.15) is 23.2 Å². The van der Waals surface area contributed by atoms with Crippen LogP contribution in [-0.4, -0.2) is 46.9 Å². The van der Waals surface area contributed by atoms with Crippen LogP contribution in [0.3, 0.4) is 0 Å². The SMILES string of the molecule is COCCn1c(SCC(=O)Nc2ccccc2C(=O)NC2CC2)nc2ccccc21. The van der Waals surface area contributed by atoms with E-state index < -0.39 is 0 Å². The fraction of sp³-hybridized carbons (Fsp3) is 0.318. The summed E-state index contributed by atoms with van der Waals surface area (Å²) in [6.07, 6.45) is 2.03. The Kier molecular flexibility index (Phi) is 6.35. The van der Waals surface area contributed by atoms with Crippen LogP contribution >= 0.6 is 11.8 Å². The molecule has 0 radical (unpaired) electrons. The molecule has 1 saturated carbocycles. The predicted octanol–water partition coefficient (Wildman–Crippen LogP) is 3.31. The summed E-state index contributed by atoms with van der Waals surface area (Å²) in [5.74, 6) is -0.144. The third-order valence-corrected chi connectivity index (χ3v) is 5.81. The van der Waals surface area contributed by atoms with Crippen molar-refractivity contribution in [3.63, 3.8) is 0 Å². The first-order valence-electron chi connectivity index (χ1n) is 9.92. The lowest BCUT2D eigenvalue weighted by molar-refractivity contribution is -0.113. The Labute approximate surface area is 179 Å². The number of carbonyl (C=O) groups is 2. The molecule has 1 fully saturated rings. The van der Waals surface area contributed by atoms with Gasteiger partial charge in [0, 0.05) is 19.7 Å². The van der Waals surface area contributed by atoms with Crippen molar-refractivity contribution in [2.45, 2.75) is 30.6 Å². The Hall–Kier alpha value is -2.84. The van der Waals surface area contributed by atoms with E-state index in [0.29, 0.717) is 24.4 Å². The van der Waals surface area contributed by atoms with Crippen molar-refractivity contribution in [3.05, 3.63) is 54.1 Å². The van der Waals surface area contributed by atoms with Gasteiger partial charge in [-0.25, -0.2) is 4.98 Å². The number of methoxy groups -OCH3 is 1. The molecule has 0 unspecified atom stereocenters. The van der Waals surface area contributed by atoms with Crippen LogP contribution in [0.2, 0.25) is 0 Å². The number of amides is 2. The lowest BCUT2D eigenvalue weighted by atomic mass is 10.1. The van der Waals surface area contributed by atoms with E-state index in [1.807, 2.05) is 24.3 Å². The van der Waals surface area contributed by atoms with E-state index in [-0.39, 0.29) is 23.6 Å². The van der Waals surface area contributed by atoms with Crippen molar-refractivity contribution in [2.75, 3.05) is 24.8 Å². The summed E-state index contributed by atoms with van der Waals surface area (Å²) in [5, 5.41) is 6.60. The van der Waals surface area contributed by atoms with E-state index in [4.69, 9.17) is 4.74 Å². The standard InChI is InChI=1S/C22H24N4O3S/c1-29-13-12-26-19-9-5-4-8-18(19)25-22(26)30-14-20(27)24-17-7-3-2-6-16(17)21(28)23-15-10-11-15/h2-9,15H,10-14H2,1H3,(H,23,28)(H,24,27). The van der Waals surface area contributed by atoms with Gasteiger partial charge in [0.15, 0.2) is 5.16 Å². The second-order valence-corrected chi connectivity index (χ2v) is 8.10. The van der Waals surface area contributed by atoms with E-state index in [2.05, 4.69) is 20.2 Å². The molecule has 156 valence electrons. The van der Waals surface area contributed by atoms with Gasteiger partial charge in [0.2, 0.25) is 5.91 Å². The maximum absolute atomic E-state index is 12.6. The predicted molar refractivity (Wildman–Crippen MR) is 118 cm³/mol. The van der Waals surface area contributed by atoms with Gasteiger partial charge in [0.05, 0.1) is 34.6 Å². The Morgan fingerprint density at radius 2 is 1.93 bits per heavy atom. The number of thioether (sulfide) groups is 1. The van der Waals surface area contributed by atoms with Crippen LogP contribution in [-0.2, 0) is 16.1 Å². The molecule has 2 amide bonds. The number of nitrogens with zero attached hydrogens (tertiary/aromatic N) is 2. The smallest absolute Gasteiger partial charge is 0.253 e. The largest absolute Gasteiger partial charge is 0.383 e. The molecule has 2 N–H and O–H groups in total. The molecule has 8 heteroatoms. The van der Waals surface area contributed by atoms with E-state index in [9.17, 15) is 9.59 Å². The Morgan fingerprint density at radius 3 is 2.73 bits per heavy atom. The highest BCUT2D eigenvalue weighted by Gasteiger charge is 2.25. The molecule has 7 nitrogen and oxygen atoms in total. The van der Waals surface area contributed by atoms with Crippen molar-refractivity contribution >= 4 is 40.3 Å². The Morgan fingerprint density at radius 1 is 1.17 bits per heavy atom. The number of imidazole rings is 1. The molecule has 30 heavy (non-hydrogen) atoms. The third-order valence-electron chi connectivity index (χ3n) is 4.83. The number of carbonyl (C=O) groups excluding carboxylic acids is 2. The molecule has 0 aliphatic heterocycles. The normalized spacial score (nSPS) is 13.4. The Bertz CT molecular complexity index is 1060. The second kappa shape index (κ2) is 9.32. The van der Waals surface area contributed by atoms with Crippen molar-refractivity contribution in [1.82, 2.24) is 14.9 Å². The molecule has 4 rings (SSSR count). The lowest BCUT2D eigenvalue weighted by Gasteiger charge is -2.11. The monoisotopic (exact) mass is 424 g/mol. The van der Waals surface area contributed by atoms with Crippen molar-refractivity contribution in [1.29, 1.82) is 0 Å². The third kappa shape index (κ3) is 4.83. The molecule has 0 bridgehead atoms. The van der Waals surface area contributed by atoms with Crippen LogP contribution < -0.4 is 10.6 Å². The van der Waals surface area contributed by atoms with Crippen LogP contribution in [0.5, 0.6) is 0 Å². The summed E-state index contributed by atoms with van der Waals surface area (Å²) in [5.41, 5.74) is 2.90. The van der Waals surface area contributed by atoms with Crippen LogP contribution in [0.15, 0.2) is 53.7 Å². The fourth-order valence-corrected chi connectivity index (χ4v) is 4.00. The first kappa shape index (κ1) is 20.4. The molecular formula is C22H24N4O3S. The van der Waals surface area contributed by atoms with Gasteiger partial charge in [-0.2, -0.15) is 0 Å². The quantitative estimate of drug-likeness (QED) is 0.515. The van der Waals surface area contributed by atoms with Crippen molar-refractivity contribution in [3.8, 4) is 0 Å². The highest BCUT2D eigenvalue weighted by atomic mass is 32.2. The molecule has 1 heterocycles. The summed E-state index contributed by atoms with van der Waals surface area (Å²) in [4.78, 5) is 29.7. The number of hydrogen-bond donors (Lipinski definition) is 2. The van der Waals surface area contributed by atoms with Crippen LogP contribution in [0.25, 0.3) is 11.0 Å². The number of ether oxygens (including phenoxy) is 1. The molecular weight excluding hydrogens is 400 g/mol. The number of benzene rings is 2. The molecule has 0 spiro atoms. The number of anilines is 1. The summed E-state index contributed by atoms with van der Waals surface area (Å²) in [7, 11) is 1.66. The van der Waals surface area contributed by atoms with Gasteiger partial charge in [-0.15, -0.1) is 0 Å². The lowest BCUT2D eigenvalue weighted by Crippen LogP contribution is -2.27. The zero-order valence-corrected chi connectivity index (χ0v) is 17.6. The molecule has 0 atom stereocenters. The zero-order valence-electron chi connectivity index (χ0n) is 16.8. The van der Waals surface area contributed by atoms with E-state index in [0.717, 1.165) is 29.0 Å². The highest BCUT2D eigenvalue weighted by molar-refractivity contribution is 7.99. The highest BCUT2D eigenvalue weighted by Crippen LogP contribution is 2.25. The fourth-order valence-electron chi connectivity index (χ4n) is 3.16. The number of hydrogen-bond acceptors (Lipinski definition) is 5. The van der Waals surface area contributed by atoms with Gasteiger partial charge in [-0.05, 0) is 37.1 Å². The molecule has 2 aromatic carbocycles. The van der Waals surface area contributed by atoms with Crippen molar-refractivity contribution in [2.24, 2.45) is 0 Å². The number of para-hydroxylation sites is 3. The topological polar surface area (TPSA) is 85.2 Å². The summed E-state index contributed by atoms with van der Waals surface area (Å²) in [6, 6.07) is 15.2. The van der Waals surface area contributed by atoms with E-state index in [1.165, 1.54) is 11.8 Å². The molecule has 1 aromatic heterocycles. The molecule has 0 saturated heterocycles. The number of rotatable bonds is 9. The van der Waals surface area contributed by atoms with Gasteiger partial charge in [0.1, 0.15) is 0 Å². The van der Waals surface area contributed by atoms with Gasteiger partial charge in [-0.1, -0.05) is 36.0 Å². The molecule has 1 aliphatic carbocycles. The first-order valence-corrected chi connectivity index (χ1v) is 10.9. The maximum atomic E-state index is 12.6. The minimum absolute atomic E-state index is 0.151. The summed E-state index contributed by atoms with van der Waals surface area (Å²) >= 11 is 1.37. The number of aromatic nitrogens is 2. The van der Waals surface area contributed by atoms with Crippen LogP contribution in [0.4, 0.5) is 5.69 Å². The van der Waals surface area contributed by atoms with Gasteiger partial charge in [-0.3, -0.25) is 9.59 Å². The van der Waals surface area contributed by atoms with E-state index >= 15 is 0 Å². The second-order valence-electron chi connectivity index (χ2n) is 7.16. The van der Waals surface area contributed by atoms with Gasteiger partial charge in [0.25, 0.3) is 5.91 Å². The minimum atomic E-state index is -0.183. The van der Waals surface area contributed by atoms with Gasteiger partial charge >= 0.3 is 0 Å². The maximum Gasteiger partial charge on any atom is 0.253 e. The Balaban J connectivity index is 1.44. The van der Waals surface area contributed by atoms with E-state index in [1.54, 1.807) is 31.4 Å². The molecule has 1 aliphatic rings. The summed E-state index contributed by atoms with van der Waals surface area (Å²) < 4.78 is 7.28. The number of fused-ring (bicyclic) bond motifs is 1.